The van der Waals surface area contributed by atoms with E-state index in [1.807, 2.05) is 79.7 Å². The summed E-state index contributed by atoms with van der Waals surface area (Å²) in [6, 6.07) is 34.4. The number of likely N-dealkylation sites (tertiary alicyclic amines) is 1. The number of Topliss-reactive ketones (excluding diaryl/α,β-unsaturated/α-hetero) is 1. The Hall–Kier alpha value is -5.69. The number of carbonyl (C=O) groups is 2. The second-order valence-corrected chi connectivity index (χ2v) is 10.5. The van der Waals surface area contributed by atoms with Gasteiger partial charge in [0, 0.05) is 24.5 Å². The van der Waals surface area contributed by atoms with Gasteiger partial charge in [-0.1, -0.05) is 66.7 Å². The molecule has 0 spiro atoms. The molecular formula is C37H30N2O5. The van der Waals surface area contributed by atoms with Gasteiger partial charge in [0.15, 0.2) is 0 Å². The summed E-state index contributed by atoms with van der Waals surface area (Å²) in [5.74, 6) is 0.136. The SMILES string of the molecule is Cc1cc(C(O)=C2C(=O)C(=O)N(Cc3cccnc3)[C@H]2c2cccc(Oc3ccccc3)c2)ccc1OCc1ccccc1. The van der Waals surface area contributed by atoms with Crippen LogP contribution in [0.3, 0.4) is 0 Å². The number of ether oxygens (including phenoxy) is 2. The van der Waals surface area contributed by atoms with Crippen LogP contribution < -0.4 is 9.47 Å². The molecule has 0 radical (unpaired) electrons. The molecule has 5 aromatic rings. The van der Waals surface area contributed by atoms with Crippen molar-refractivity contribution in [3.8, 4) is 17.2 Å². The first kappa shape index (κ1) is 28.4. The fraction of sp³-hybridized carbons (Fsp3) is 0.108. The van der Waals surface area contributed by atoms with Gasteiger partial charge in [-0.2, -0.15) is 0 Å². The summed E-state index contributed by atoms with van der Waals surface area (Å²) >= 11 is 0. The molecule has 1 saturated heterocycles. The van der Waals surface area contributed by atoms with Crippen molar-refractivity contribution in [2.24, 2.45) is 0 Å². The van der Waals surface area contributed by atoms with Gasteiger partial charge in [0.05, 0.1) is 11.6 Å². The highest BCUT2D eigenvalue weighted by molar-refractivity contribution is 6.46. The highest BCUT2D eigenvalue weighted by Crippen LogP contribution is 2.42. The van der Waals surface area contributed by atoms with E-state index in [1.165, 1.54) is 4.90 Å². The second-order valence-electron chi connectivity index (χ2n) is 10.5. The van der Waals surface area contributed by atoms with E-state index in [1.54, 1.807) is 54.9 Å². The predicted molar refractivity (Wildman–Crippen MR) is 167 cm³/mol. The lowest BCUT2D eigenvalue weighted by atomic mass is 9.94. The molecule has 1 fully saturated rings. The number of aromatic nitrogens is 1. The van der Waals surface area contributed by atoms with Crippen LogP contribution in [0.4, 0.5) is 0 Å². The van der Waals surface area contributed by atoms with Crippen LogP contribution in [0.1, 0.15) is 33.9 Å². The van der Waals surface area contributed by atoms with Gasteiger partial charge in [-0.3, -0.25) is 14.6 Å². The topological polar surface area (TPSA) is 89.0 Å². The molecule has 0 saturated carbocycles. The molecule has 7 nitrogen and oxygen atoms in total. The average Bonchev–Trinajstić information content (AvgIpc) is 3.30. The third-order valence-corrected chi connectivity index (χ3v) is 7.45. The number of para-hydroxylation sites is 1. The predicted octanol–water partition coefficient (Wildman–Crippen LogP) is 7.38. The summed E-state index contributed by atoms with van der Waals surface area (Å²) < 4.78 is 12.1. The van der Waals surface area contributed by atoms with Crippen LogP contribution in [0.2, 0.25) is 0 Å². The van der Waals surface area contributed by atoms with Gasteiger partial charge in [-0.15, -0.1) is 0 Å². The van der Waals surface area contributed by atoms with Crippen molar-refractivity contribution < 1.29 is 24.2 Å². The normalized spacial score (nSPS) is 15.8. The number of hydrogen-bond acceptors (Lipinski definition) is 6. The van der Waals surface area contributed by atoms with E-state index < -0.39 is 17.7 Å². The summed E-state index contributed by atoms with van der Waals surface area (Å²) in [5.41, 5.74) is 3.62. The van der Waals surface area contributed by atoms with Crippen LogP contribution in [0, 0.1) is 6.92 Å². The van der Waals surface area contributed by atoms with Gasteiger partial charge in [0.1, 0.15) is 29.6 Å². The molecule has 44 heavy (non-hydrogen) atoms. The Morgan fingerprint density at radius 2 is 1.55 bits per heavy atom. The number of amides is 1. The quantitative estimate of drug-likeness (QED) is 0.111. The molecule has 0 unspecified atom stereocenters. The summed E-state index contributed by atoms with van der Waals surface area (Å²) in [6.07, 6.45) is 3.30. The largest absolute Gasteiger partial charge is 0.507 e. The molecule has 0 aliphatic carbocycles. The molecule has 1 atom stereocenters. The maximum Gasteiger partial charge on any atom is 0.295 e. The van der Waals surface area contributed by atoms with E-state index >= 15 is 0 Å². The second kappa shape index (κ2) is 12.7. The van der Waals surface area contributed by atoms with Gasteiger partial charge in [0.25, 0.3) is 11.7 Å². The molecule has 1 aliphatic heterocycles. The first-order chi connectivity index (χ1) is 21.5. The van der Waals surface area contributed by atoms with Crippen molar-refractivity contribution in [3.05, 3.63) is 161 Å². The number of aliphatic hydroxyl groups is 1. The lowest BCUT2D eigenvalue weighted by Crippen LogP contribution is -2.29. The van der Waals surface area contributed by atoms with Crippen molar-refractivity contribution in [1.29, 1.82) is 0 Å². The summed E-state index contributed by atoms with van der Waals surface area (Å²) in [5, 5.41) is 11.6. The Kier molecular flexibility index (Phi) is 8.19. The van der Waals surface area contributed by atoms with E-state index in [4.69, 9.17) is 9.47 Å². The van der Waals surface area contributed by atoms with Crippen molar-refractivity contribution in [3.63, 3.8) is 0 Å². The van der Waals surface area contributed by atoms with Gasteiger partial charge in [-0.25, -0.2) is 0 Å². The molecule has 1 aromatic heterocycles. The van der Waals surface area contributed by atoms with E-state index in [0.29, 0.717) is 35.0 Å². The average molecular weight is 583 g/mol. The van der Waals surface area contributed by atoms with Crippen molar-refractivity contribution in [2.75, 3.05) is 0 Å². The summed E-state index contributed by atoms with van der Waals surface area (Å²) in [6.45, 7) is 2.41. The minimum Gasteiger partial charge on any atom is -0.507 e. The Bertz CT molecular complexity index is 1820. The van der Waals surface area contributed by atoms with Crippen molar-refractivity contribution >= 4 is 17.4 Å². The minimum absolute atomic E-state index is 0.00750. The fourth-order valence-electron chi connectivity index (χ4n) is 5.30. The third kappa shape index (κ3) is 6.08. The number of nitrogens with zero attached hydrogens (tertiary/aromatic N) is 2. The van der Waals surface area contributed by atoms with Crippen molar-refractivity contribution in [2.45, 2.75) is 26.1 Å². The maximum atomic E-state index is 13.6. The number of ketones is 1. The van der Waals surface area contributed by atoms with E-state index in [9.17, 15) is 14.7 Å². The minimum atomic E-state index is -0.858. The number of hydrogen-bond donors (Lipinski definition) is 1. The van der Waals surface area contributed by atoms with Crippen LogP contribution >= 0.6 is 0 Å². The number of rotatable bonds is 9. The molecular weight excluding hydrogens is 552 g/mol. The zero-order valence-corrected chi connectivity index (χ0v) is 24.1. The maximum absolute atomic E-state index is 13.6. The van der Waals surface area contributed by atoms with Gasteiger partial charge in [0.2, 0.25) is 0 Å². The highest BCUT2D eigenvalue weighted by atomic mass is 16.5. The highest BCUT2D eigenvalue weighted by Gasteiger charge is 2.46. The number of aliphatic hydroxyl groups excluding tert-OH is 1. The van der Waals surface area contributed by atoms with Gasteiger partial charge in [-0.05, 0) is 77.7 Å². The monoisotopic (exact) mass is 582 g/mol. The smallest absolute Gasteiger partial charge is 0.295 e. The molecule has 1 N–H and O–H groups in total. The van der Waals surface area contributed by atoms with Crippen LogP contribution in [0.25, 0.3) is 5.76 Å². The molecule has 2 heterocycles. The molecule has 7 heteroatoms. The molecule has 0 bridgehead atoms. The van der Waals surface area contributed by atoms with Crippen LogP contribution in [0.5, 0.6) is 17.2 Å². The zero-order chi connectivity index (χ0) is 30.5. The van der Waals surface area contributed by atoms with Gasteiger partial charge < -0.3 is 19.5 Å². The summed E-state index contributed by atoms with van der Waals surface area (Å²) in [7, 11) is 0. The van der Waals surface area contributed by atoms with Crippen LogP contribution in [-0.4, -0.2) is 26.7 Å². The first-order valence-electron chi connectivity index (χ1n) is 14.3. The van der Waals surface area contributed by atoms with Gasteiger partial charge >= 0.3 is 0 Å². The van der Waals surface area contributed by atoms with Crippen LogP contribution in [-0.2, 0) is 22.7 Å². The number of aryl methyl sites for hydroxylation is 1. The Morgan fingerprint density at radius 1 is 0.818 bits per heavy atom. The third-order valence-electron chi connectivity index (χ3n) is 7.45. The lowest BCUT2D eigenvalue weighted by molar-refractivity contribution is -0.140. The van der Waals surface area contributed by atoms with E-state index in [0.717, 1.165) is 16.7 Å². The molecule has 218 valence electrons. The Morgan fingerprint density at radius 3 is 2.27 bits per heavy atom. The van der Waals surface area contributed by atoms with Crippen molar-refractivity contribution in [1.82, 2.24) is 9.88 Å². The van der Waals surface area contributed by atoms with E-state index in [-0.39, 0.29) is 17.9 Å². The molecule has 1 aliphatic rings. The van der Waals surface area contributed by atoms with Crippen LogP contribution in [0.15, 0.2) is 133 Å². The first-order valence-corrected chi connectivity index (χ1v) is 14.3. The number of carbonyl (C=O) groups excluding carboxylic acids is 2. The molecule has 6 rings (SSSR count). The standard InChI is InChI=1S/C37H30N2O5/c1-25-20-29(17-18-32(25)43-24-26-10-4-2-5-11-26)35(40)33-34(39(37(42)36(33)41)23-27-12-9-19-38-22-27)28-13-8-16-31(21-28)44-30-14-6-3-7-15-30/h2-22,34,40H,23-24H2,1H3/t34-/m0/s1. The van der Waals surface area contributed by atoms with E-state index in [2.05, 4.69) is 4.98 Å². The number of benzene rings is 4. The zero-order valence-electron chi connectivity index (χ0n) is 24.1. The molecule has 1 amide bonds. The Balaban J connectivity index is 1.38. The lowest BCUT2D eigenvalue weighted by Gasteiger charge is -2.25. The fourth-order valence-corrected chi connectivity index (χ4v) is 5.30. The molecule has 4 aromatic carbocycles. The Labute approximate surface area is 255 Å². The number of pyridine rings is 1. The summed E-state index contributed by atoms with van der Waals surface area (Å²) in [4.78, 5) is 32.8.